The molecule has 2 aliphatic heterocycles. The van der Waals surface area contributed by atoms with E-state index in [9.17, 15) is 4.21 Å². The van der Waals surface area contributed by atoms with E-state index in [2.05, 4.69) is 35.7 Å². The highest BCUT2D eigenvalue weighted by Crippen LogP contribution is 2.35. The van der Waals surface area contributed by atoms with E-state index in [1.165, 1.54) is 10.5 Å². The minimum absolute atomic E-state index is 0.313. The van der Waals surface area contributed by atoms with E-state index in [-0.39, 0.29) is 0 Å². The fourth-order valence-corrected chi connectivity index (χ4v) is 4.67. The molecule has 0 saturated carbocycles. The normalized spacial score (nSPS) is 32.0. The lowest BCUT2D eigenvalue weighted by atomic mass is 9.97. The van der Waals surface area contributed by atoms with E-state index in [0.717, 1.165) is 25.9 Å². The molecule has 0 aromatic heterocycles. The fraction of sp³-hybridized carbons (Fsp3) is 0.429. The summed E-state index contributed by atoms with van der Waals surface area (Å²) in [5.41, 5.74) is 1.30. The standard InChI is InChI=1S/C14H17NOS/c16-17-13(8-11-4-2-1-3-5-11)9-12-10-15-7-6-14(12)17/h1-6,12-13,15H,7-10H2. The highest BCUT2D eigenvalue weighted by Gasteiger charge is 2.36. The maximum absolute atomic E-state index is 12.4. The number of nitrogens with one attached hydrogen (secondary N) is 1. The molecule has 0 amide bonds. The van der Waals surface area contributed by atoms with Gasteiger partial charge in [0, 0.05) is 29.2 Å². The summed E-state index contributed by atoms with van der Waals surface area (Å²) in [4.78, 5) is 1.20. The minimum atomic E-state index is -0.757. The van der Waals surface area contributed by atoms with Crippen LogP contribution in [-0.4, -0.2) is 22.5 Å². The lowest BCUT2D eigenvalue weighted by Gasteiger charge is -2.16. The summed E-state index contributed by atoms with van der Waals surface area (Å²) in [5.74, 6) is 0.512. The Hall–Kier alpha value is -0.930. The van der Waals surface area contributed by atoms with Crippen molar-refractivity contribution >= 4 is 10.8 Å². The van der Waals surface area contributed by atoms with Gasteiger partial charge in [0.05, 0.1) is 10.8 Å². The van der Waals surface area contributed by atoms with Gasteiger partial charge in [-0.25, -0.2) is 0 Å². The molecule has 1 saturated heterocycles. The van der Waals surface area contributed by atoms with Crippen LogP contribution in [0.2, 0.25) is 0 Å². The van der Waals surface area contributed by atoms with E-state index in [0.29, 0.717) is 11.2 Å². The van der Waals surface area contributed by atoms with Crippen LogP contribution in [-0.2, 0) is 17.2 Å². The Balaban J connectivity index is 1.76. The van der Waals surface area contributed by atoms with Crippen molar-refractivity contribution in [3.05, 3.63) is 46.9 Å². The van der Waals surface area contributed by atoms with E-state index < -0.39 is 10.8 Å². The summed E-state index contributed by atoms with van der Waals surface area (Å²) in [5, 5.41) is 3.66. The van der Waals surface area contributed by atoms with Gasteiger partial charge in [-0.05, 0) is 18.4 Å². The SMILES string of the molecule is O=S1C2=CCNCC2CC1Cc1ccccc1. The van der Waals surface area contributed by atoms with Gasteiger partial charge < -0.3 is 5.32 Å². The molecule has 3 unspecified atom stereocenters. The second-order valence-electron chi connectivity index (χ2n) is 4.81. The lowest BCUT2D eigenvalue weighted by molar-refractivity contribution is 0.522. The summed E-state index contributed by atoms with van der Waals surface area (Å²) < 4.78 is 12.4. The maximum Gasteiger partial charge on any atom is 0.0523 e. The molecule has 17 heavy (non-hydrogen) atoms. The molecule has 1 aromatic carbocycles. The second-order valence-corrected chi connectivity index (χ2v) is 6.54. The van der Waals surface area contributed by atoms with Gasteiger partial charge in [0.2, 0.25) is 0 Å². The molecule has 2 nitrogen and oxygen atoms in total. The summed E-state index contributed by atoms with van der Waals surface area (Å²) in [6.07, 6.45) is 4.15. The summed E-state index contributed by atoms with van der Waals surface area (Å²) in [7, 11) is -0.757. The van der Waals surface area contributed by atoms with Gasteiger partial charge in [-0.3, -0.25) is 4.21 Å². The minimum Gasteiger partial charge on any atom is -0.313 e. The number of rotatable bonds is 2. The van der Waals surface area contributed by atoms with E-state index in [4.69, 9.17) is 0 Å². The van der Waals surface area contributed by atoms with Crippen LogP contribution < -0.4 is 5.32 Å². The Kier molecular flexibility index (Phi) is 3.12. The zero-order valence-corrected chi connectivity index (χ0v) is 10.6. The molecule has 0 bridgehead atoms. The molecule has 2 aliphatic rings. The van der Waals surface area contributed by atoms with E-state index >= 15 is 0 Å². The molecular formula is C14H17NOS. The quantitative estimate of drug-likeness (QED) is 0.864. The van der Waals surface area contributed by atoms with Gasteiger partial charge >= 0.3 is 0 Å². The van der Waals surface area contributed by atoms with E-state index in [1.54, 1.807) is 0 Å². The largest absolute Gasteiger partial charge is 0.313 e. The molecule has 0 spiro atoms. The number of hydrogen-bond acceptors (Lipinski definition) is 2. The first-order valence-electron chi connectivity index (χ1n) is 6.20. The first-order valence-corrected chi connectivity index (χ1v) is 7.41. The van der Waals surface area contributed by atoms with Crippen molar-refractivity contribution < 1.29 is 4.21 Å². The molecule has 0 aliphatic carbocycles. The van der Waals surface area contributed by atoms with Crippen molar-refractivity contribution in [3.63, 3.8) is 0 Å². The van der Waals surface area contributed by atoms with Crippen LogP contribution in [0.3, 0.4) is 0 Å². The van der Waals surface area contributed by atoms with Crippen LogP contribution in [0.25, 0.3) is 0 Å². The second kappa shape index (κ2) is 4.75. The van der Waals surface area contributed by atoms with E-state index in [1.807, 2.05) is 6.07 Å². The predicted molar refractivity (Wildman–Crippen MR) is 71.1 cm³/mol. The Morgan fingerprint density at radius 2 is 2.12 bits per heavy atom. The zero-order valence-electron chi connectivity index (χ0n) is 9.76. The molecule has 0 radical (unpaired) electrons. The average Bonchev–Trinajstić information content (AvgIpc) is 2.68. The molecule has 90 valence electrons. The summed E-state index contributed by atoms with van der Waals surface area (Å²) >= 11 is 0. The highest BCUT2D eigenvalue weighted by atomic mass is 32.2. The number of hydrogen-bond donors (Lipinski definition) is 1. The van der Waals surface area contributed by atoms with Gasteiger partial charge in [-0.15, -0.1) is 0 Å². The molecule has 1 aromatic rings. The first-order chi connectivity index (χ1) is 8.34. The molecule has 3 heteroatoms. The van der Waals surface area contributed by atoms with Crippen LogP contribution in [0.4, 0.5) is 0 Å². The van der Waals surface area contributed by atoms with Gasteiger partial charge in [0.1, 0.15) is 0 Å². The Bertz CT molecular complexity index is 455. The molecule has 2 heterocycles. The molecule has 3 atom stereocenters. The van der Waals surface area contributed by atoms with Crippen LogP contribution >= 0.6 is 0 Å². The first kappa shape index (κ1) is 11.2. The number of fused-ring (bicyclic) bond motifs is 1. The molecular weight excluding hydrogens is 230 g/mol. The van der Waals surface area contributed by atoms with Crippen molar-refractivity contribution in [2.24, 2.45) is 5.92 Å². The van der Waals surface area contributed by atoms with Crippen molar-refractivity contribution in [1.82, 2.24) is 5.32 Å². The predicted octanol–water partition coefficient (Wildman–Crippen LogP) is 1.85. The van der Waals surface area contributed by atoms with Gasteiger partial charge in [0.15, 0.2) is 0 Å². The average molecular weight is 247 g/mol. The third kappa shape index (κ3) is 2.22. The molecule has 3 rings (SSSR count). The summed E-state index contributed by atoms with van der Waals surface area (Å²) in [6.45, 7) is 1.89. The third-order valence-corrected chi connectivity index (χ3v) is 5.56. The van der Waals surface area contributed by atoms with Crippen LogP contribution in [0.1, 0.15) is 12.0 Å². The number of benzene rings is 1. The van der Waals surface area contributed by atoms with Crippen molar-refractivity contribution in [1.29, 1.82) is 0 Å². The van der Waals surface area contributed by atoms with Crippen LogP contribution in [0.15, 0.2) is 41.3 Å². The maximum atomic E-state index is 12.4. The van der Waals surface area contributed by atoms with Gasteiger partial charge in [0.25, 0.3) is 0 Å². The van der Waals surface area contributed by atoms with Gasteiger partial charge in [-0.2, -0.15) is 0 Å². The fourth-order valence-electron chi connectivity index (χ4n) is 2.78. The topological polar surface area (TPSA) is 29.1 Å². The Labute approximate surface area is 105 Å². The van der Waals surface area contributed by atoms with Crippen molar-refractivity contribution in [2.45, 2.75) is 18.1 Å². The molecule has 1 fully saturated rings. The van der Waals surface area contributed by atoms with Crippen molar-refractivity contribution in [2.75, 3.05) is 13.1 Å². The zero-order chi connectivity index (χ0) is 11.7. The Morgan fingerprint density at radius 1 is 1.29 bits per heavy atom. The monoisotopic (exact) mass is 247 g/mol. The van der Waals surface area contributed by atoms with Crippen LogP contribution in [0.5, 0.6) is 0 Å². The van der Waals surface area contributed by atoms with Gasteiger partial charge in [-0.1, -0.05) is 36.4 Å². The smallest absolute Gasteiger partial charge is 0.0523 e. The highest BCUT2D eigenvalue weighted by molar-refractivity contribution is 7.90. The third-order valence-electron chi connectivity index (χ3n) is 3.63. The van der Waals surface area contributed by atoms with Crippen molar-refractivity contribution in [3.8, 4) is 0 Å². The summed E-state index contributed by atoms with van der Waals surface area (Å²) in [6, 6.07) is 10.4. The van der Waals surface area contributed by atoms with Crippen LogP contribution in [0, 0.1) is 5.92 Å². The Morgan fingerprint density at radius 3 is 2.88 bits per heavy atom. The molecule has 1 N–H and O–H groups in total. The lowest BCUT2D eigenvalue weighted by Crippen LogP contribution is -2.27.